The van der Waals surface area contributed by atoms with E-state index in [2.05, 4.69) is 0 Å². The lowest BCUT2D eigenvalue weighted by molar-refractivity contribution is -0.135. The Morgan fingerprint density at radius 1 is 1.03 bits per heavy atom. The van der Waals surface area contributed by atoms with Gasteiger partial charge in [-0.15, -0.1) is 0 Å². The van der Waals surface area contributed by atoms with Crippen molar-refractivity contribution in [3.8, 4) is 0 Å². The van der Waals surface area contributed by atoms with Crippen LogP contribution in [0.3, 0.4) is 0 Å². The molecule has 7 nitrogen and oxygen atoms in total. The Labute approximate surface area is 176 Å². The van der Waals surface area contributed by atoms with Crippen molar-refractivity contribution in [1.82, 2.24) is 14.4 Å². The van der Waals surface area contributed by atoms with Gasteiger partial charge in [-0.1, -0.05) is 18.2 Å². The first-order chi connectivity index (χ1) is 14.5. The molecule has 2 fully saturated rings. The third-order valence-electron chi connectivity index (χ3n) is 6.32. The molecule has 2 aromatic rings. The zero-order chi connectivity index (χ0) is 21.3. The molecule has 0 bridgehead atoms. The number of nitrogens with zero attached hydrogens (tertiary/aromatic N) is 3. The molecular formula is C23H29N3O4. The largest absolute Gasteiger partial charge is 0.378 e. The molecule has 0 N–H and O–H groups in total. The van der Waals surface area contributed by atoms with Crippen LogP contribution in [0.25, 0.3) is 10.9 Å². The van der Waals surface area contributed by atoms with Crippen molar-refractivity contribution >= 4 is 28.5 Å². The van der Waals surface area contributed by atoms with Crippen molar-refractivity contribution in [2.24, 2.45) is 0 Å². The Morgan fingerprint density at radius 2 is 1.70 bits per heavy atom. The van der Waals surface area contributed by atoms with Gasteiger partial charge in [-0.25, -0.2) is 0 Å². The van der Waals surface area contributed by atoms with Crippen LogP contribution in [-0.4, -0.2) is 70.4 Å². The van der Waals surface area contributed by atoms with Crippen LogP contribution >= 0.6 is 0 Å². The summed E-state index contributed by atoms with van der Waals surface area (Å²) in [6, 6.07) is 7.57. The number of Topliss-reactive ketones (excluding diaryl/α,β-unsaturated/α-hetero) is 1. The fourth-order valence-electron chi connectivity index (χ4n) is 4.67. The number of ether oxygens (including phenoxy) is 1. The van der Waals surface area contributed by atoms with E-state index in [4.69, 9.17) is 4.74 Å². The van der Waals surface area contributed by atoms with E-state index in [-0.39, 0.29) is 24.5 Å². The summed E-state index contributed by atoms with van der Waals surface area (Å²) in [7, 11) is 0. The van der Waals surface area contributed by atoms with Gasteiger partial charge in [-0.3, -0.25) is 14.4 Å². The number of carbonyl (C=O) groups excluding carboxylic acids is 3. The van der Waals surface area contributed by atoms with Gasteiger partial charge in [-0.05, 0) is 39.2 Å². The number of likely N-dealkylation sites (tertiary alicyclic amines) is 1. The van der Waals surface area contributed by atoms with Crippen molar-refractivity contribution in [2.45, 2.75) is 51.7 Å². The Hall–Kier alpha value is -2.67. The zero-order valence-corrected chi connectivity index (χ0v) is 17.7. The van der Waals surface area contributed by atoms with Crippen LogP contribution in [0.1, 0.15) is 43.5 Å². The lowest BCUT2D eigenvalue weighted by atomic mass is 9.96. The Bertz CT molecular complexity index is 951. The predicted molar refractivity (Wildman–Crippen MR) is 113 cm³/mol. The number of carbonyl (C=O) groups is 3. The number of hydrogen-bond acceptors (Lipinski definition) is 4. The Morgan fingerprint density at radius 3 is 2.40 bits per heavy atom. The van der Waals surface area contributed by atoms with Crippen LogP contribution in [0, 0.1) is 0 Å². The molecule has 160 valence electrons. The first kappa shape index (κ1) is 20.6. The first-order valence-electron chi connectivity index (χ1n) is 10.8. The number of morpholine rings is 1. The van der Waals surface area contributed by atoms with E-state index in [1.54, 1.807) is 20.6 Å². The molecule has 0 radical (unpaired) electrons. The minimum Gasteiger partial charge on any atom is -0.378 e. The van der Waals surface area contributed by atoms with Gasteiger partial charge in [0.05, 0.1) is 18.8 Å². The molecule has 2 aliphatic heterocycles. The average Bonchev–Trinajstić information content (AvgIpc) is 3.12. The minimum atomic E-state index is -0.496. The molecule has 1 aromatic carbocycles. The summed E-state index contributed by atoms with van der Waals surface area (Å²) in [5, 5.41) is 0.711. The third kappa shape index (κ3) is 3.86. The van der Waals surface area contributed by atoms with Crippen molar-refractivity contribution in [3.63, 3.8) is 0 Å². The summed E-state index contributed by atoms with van der Waals surface area (Å²) < 4.78 is 7.11. The van der Waals surface area contributed by atoms with E-state index in [1.807, 2.05) is 38.1 Å². The highest BCUT2D eigenvalue weighted by Crippen LogP contribution is 2.26. The van der Waals surface area contributed by atoms with Gasteiger partial charge in [0.15, 0.2) is 0 Å². The van der Waals surface area contributed by atoms with Crippen molar-refractivity contribution < 1.29 is 19.1 Å². The molecule has 0 spiro atoms. The number of aromatic nitrogens is 1. The molecule has 0 saturated carbocycles. The van der Waals surface area contributed by atoms with Gasteiger partial charge in [0.1, 0.15) is 6.54 Å². The Kier molecular flexibility index (Phi) is 5.90. The quantitative estimate of drug-likeness (QED) is 0.572. The first-order valence-corrected chi connectivity index (χ1v) is 10.8. The predicted octanol–water partition coefficient (Wildman–Crippen LogP) is 2.47. The molecule has 2 aliphatic rings. The summed E-state index contributed by atoms with van der Waals surface area (Å²) in [5.74, 6) is -0.955. The SMILES string of the molecule is C[C@@H]1CCC[C@@H](C)N1C(=O)C(=O)c1cn(CC(=O)N2CCOCC2)c2ccccc12. The van der Waals surface area contributed by atoms with Crippen LogP contribution in [0.15, 0.2) is 30.5 Å². The molecule has 2 saturated heterocycles. The van der Waals surface area contributed by atoms with E-state index in [0.29, 0.717) is 37.3 Å². The topological polar surface area (TPSA) is 71.9 Å². The molecule has 0 unspecified atom stereocenters. The van der Waals surface area contributed by atoms with E-state index < -0.39 is 11.7 Å². The zero-order valence-electron chi connectivity index (χ0n) is 17.7. The standard InChI is InChI=1S/C23H29N3O4/c1-16-6-5-7-17(2)26(16)23(29)22(28)19-14-25(20-9-4-3-8-18(19)20)15-21(27)24-10-12-30-13-11-24/h3-4,8-9,14,16-17H,5-7,10-13,15H2,1-2H3/t16-,17-/m1/s1. The maximum atomic E-state index is 13.2. The second-order valence-corrected chi connectivity index (χ2v) is 8.35. The number of ketones is 1. The highest BCUT2D eigenvalue weighted by Gasteiger charge is 2.34. The van der Waals surface area contributed by atoms with Crippen LogP contribution in [-0.2, 0) is 20.9 Å². The molecule has 7 heteroatoms. The van der Waals surface area contributed by atoms with E-state index in [9.17, 15) is 14.4 Å². The number of benzene rings is 1. The molecular weight excluding hydrogens is 382 g/mol. The third-order valence-corrected chi connectivity index (χ3v) is 6.32. The average molecular weight is 412 g/mol. The summed E-state index contributed by atoms with van der Waals surface area (Å²) in [4.78, 5) is 42.6. The second kappa shape index (κ2) is 8.60. The second-order valence-electron chi connectivity index (χ2n) is 8.35. The summed E-state index contributed by atoms with van der Waals surface area (Å²) in [5.41, 5.74) is 1.16. The maximum absolute atomic E-state index is 13.2. The number of rotatable bonds is 4. The summed E-state index contributed by atoms with van der Waals surface area (Å²) in [6.07, 6.45) is 4.57. The lowest BCUT2D eigenvalue weighted by Crippen LogP contribution is -2.50. The molecule has 30 heavy (non-hydrogen) atoms. The molecule has 0 aliphatic carbocycles. The smallest absolute Gasteiger partial charge is 0.295 e. The molecule has 3 heterocycles. The normalized spacial score (nSPS) is 22.3. The van der Waals surface area contributed by atoms with Gasteiger partial charge in [0, 0.05) is 42.3 Å². The number of piperidine rings is 1. The number of fused-ring (bicyclic) bond motifs is 1. The van der Waals surface area contributed by atoms with Gasteiger partial charge < -0.3 is 19.1 Å². The van der Waals surface area contributed by atoms with Crippen LogP contribution < -0.4 is 0 Å². The van der Waals surface area contributed by atoms with E-state index in [1.165, 1.54) is 0 Å². The molecule has 2 amide bonds. The minimum absolute atomic E-state index is 0.0114. The van der Waals surface area contributed by atoms with Crippen LogP contribution in [0.4, 0.5) is 0 Å². The van der Waals surface area contributed by atoms with Gasteiger partial charge in [-0.2, -0.15) is 0 Å². The van der Waals surface area contributed by atoms with E-state index >= 15 is 0 Å². The van der Waals surface area contributed by atoms with Crippen molar-refractivity contribution in [3.05, 3.63) is 36.0 Å². The summed E-state index contributed by atoms with van der Waals surface area (Å²) >= 11 is 0. The molecule has 2 atom stereocenters. The fraction of sp³-hybridized carbons (Fsp3) is 0.522. The molecule has 4 rings (SSSR count). The van der Waals surface area contributed by atoms with Crippen molar-refractivity contribution in [1.29, 1.82) is 0 Å². The van der Waals surface area contributed by atoms with Gasteiger partial charge >= 0.3 is 0 Å². The van der Waals surface area contributed by atoms with Gasteiger partial charge in [0.25, 0.3) is 11.7 Å². The Balaban J connectivity index is 1.62. The highest BCUT2D eigenvalue weighted by atomic mass is 16.5. The maximum Gasteiger partial charge on any atom is 0.295 e. The monoisotopic (exact) mass is 411 g/mol. The highest BCUT2D eigenvalue weighted by molar-refractivity contribution is 6.45. The van der Waals surface area contributed by atoms with Crippen LogP contribution in [0.5, 0.6) is 0 Å². The van der Waals surface area contributed by atoms with Crippen molar-refractivity contribution in [2.75, 3.05) is 26.3 Å². The number of amides is 2. The molecule has 1 aromatic heterocycles. The van der Waals surface area contributed by atoms with Crippen LogP contribution in [0.2, 0.25) is 0 Å². The number of hydrogen-bond donors (Lipinski definition) is 0. The number of para-hydroxylation sites is 1. The van der Waals surface area contributed by atoms with Gasteiger partial charge in [0.2, 0.25) is 5.91 Å². The lowest BCUT2D eigenvalue weighted by Gasteiger charge is -2.38. The summed E-state index contributed by atoms with van der Waals surface area (Å²) in [6.45, 7) is 6.39. The fourth-order valence-corrected chi connectivity index (χ4v) is 4.67. The van der Waals surface area contributed by atoms with E-state index in [0.717, 1.165) is 24.8 Å².